The number of aromatic nitrogens is 3. The lowest BCUT2D eigenvalue weighted by Crippen LogP contribution is -2.04. The van der Waals surface area contributed by atoms with E-state index in [0.29, 0.717) is 11.8 Å². The number of rotatable bonds is 3. The van der Waals surface area contributed by atoms with Gasteiger partial charge < -0.3 is 15.8 Å². The number of ether oxygens (including phenoxy) is 1. The van der Waals surface area contributed by atoms with E-state index in [1.165, 1.54) is 0 Å². The van der Waals surface area contributed by atoms with Gasteiger partial charge in [-0.1, -0.05) is 0 Å². The summed E-state index contributed by atoms with van der Waals surface area (Å²) in [5.41, 5.74) is 6.39. The first kappa shape index (κ1) is 11.1. The molecule has 6 heteroatoms. The molecule has 0 atom stereocenters. The van der Waals surface area contributed by atoms with Crippen molar-refractivity contribution in [1.82, 2.24) is 15.0 Å². The SMILES string of the molecule is COc1ccc(Nc2nc(C)nc(N)n2)cc1. The lowest BCUT2D eigenvalue weighted by atomic mass is 10.3. The van der Waals surface area contributed by atoms with Crippen LogP contribution in [0.3, 0.4) is 0 Å². The average Bonchev–Trinajstić information content (AvgIpc) is 2.28. The second-order valence-corrected chi connectivity index (χ2v) is 3.42. The van der Waals surface area contributed by atoms with Crippen LogP contribution in [0.1, 0.15) is 5.82 Å². The zero-order chi connectivity index (χ0) is 12.3. The number of anilines is 3. The number of hydrogen-bond donors (Lipinski definition) is 2. The quantitative estimate of drug-likeness (QED) is 0.832. The fourth-order valence-electron chi connectivity index (χ4n) is 1.36. The Morgan fingerprint density at radius 1 is 1.12 bits per heavy atom. The molecule has 88 valence electrons. The van der Waals surface area contributed by atoms with Crippen LogP contribution >= 0.6 is 0 Å². The van der Waals surface area contributed by atoms with E-state index in [9.17, 15) is 0 Å². The van der Waals surface area contributed by atoms with Gasteiger partial charge in [-0.2, -0.15) is 15.0 Å². The van der Waals surface area contributed by atoms with Crippen molar-refractivity contribution in [3.05, 3.63) is 30.1 Å². The van der Waals surface area contributed by atoms with Gasteiger partial charge in [0, 0.05) is 5.69 Å². The fraction of sp³-hybridized carbons (Fsp3) is 0.182. The van der Waals surface area contributed by atoms with Crippen molar-refractivity contribution in [3.63, 3.8) is 0 Å². The lowest BCUT2D eigenvalue weighted by molar-refractivity contribution is 0.415. The van der Waals surface area contributed by atoms with Gasteiger partial charge in [-0.05, 0) is 31.2 Å². The molecular weight excluding hydrogens is 218 g/mol. The summed E-state index contributed by atoms with van der Waals surface area (Å²) in [6.07, 6.45) is 0. The summed E-state index contributed by atoms with van der Waals surface area (Å²) >= 11 is 0. The molecule has 0 saturated carbocycles. The number of benzene rings is 1. The molecule has 6 nitrogen and oxygen atoms in total. The second kappa shape index (κ2) is 4.65. The first-order valence-electron chi connectivity index (χ1n) is 5.06. The molecule has 1 aromatic carbocycles. The van der Waals surface area contributed by atoms with Crippen LogP contribution in [-0.2, 0) is 0 Å². The molecule has 0 fully saturated rings. The van der Waals surface area contributed by atoms with E-state index >= 15 is 0 Å². The Hall–Kier alpha value is -2.37. The molecule has 17 heavy (non-hydrogen) atoms. The summed E-state index contributed by atoms with van der Waals surface area (Å²) in [5.74, 6) is 2.00. The number of methoxy groups -OCH3 is 1. The van der Waals surface area contributed by atoms with Crippen LogP contribution in [0.5, 0.6) is 5.75 Å². The van der Waals surface area contributed by atoms with E-state index in [2.05, 4.69) is 20.3 Å². The molecule has 0 spiro atoms. The first-order valence-corrected chi connectivity index (χ1v) is 5.06. The Labute approximate surface area is 98.9 Å². The largest absolute Gasteiger partial charge is 0.497 e. The van der Waals surface area contributed by atoms with Crippen molar-refractivity contribution in [3.8, 4) is 5.75 Å². The van der Waals surface area contributed by atoms with Crippen LogP contribution in [0.25, 0.3) is 0 Å². The molecule has 0 aliphatic carbocycles. The normalized spacial score (nSPS) is 10.0. The first-order chi connectivity index (χ1) is 8.17. The highest BCUT2D eigenvalue weighted by Gasteiger charge is 2.01. The number of hydrogen-bond acceptors (Lipinski definition) is 6. The van der Waals surface area contributed by atoms with E-state index in [0.717, 1.165) is 11.4 Å². The van der Waals surface area contributed by atoms with Gasteiger partial charge in [-0.25, -0.2) is 0 Å². The molecule has 2 aromatic rings. The molecule has 1 heterocycles. The minimum atomic E-state index is 0.202. The Morgan fingerprint density at radius 3 is 2.41 bits per heavy atom. The number of aryl methyl sites for hydroxylation is 1. The number of nitrogens with one attached hydrogen (secondary N) is 1. The zero-order valence-corrected chi connectivity index (χ0v) is 9.64. The summed E-state index contributed by atoms with van der Waals surface area (Å²) in [6, 6.07) is 7.43. The Kier molecular flexibility index (Phi) is 3.04. The van der Waals surface area contributed by atoms with Gasteiger partial charge in [0.05, 0.1) is 7.11 Å². The molecule has 0 aliphatic rings. The third-order valence-electron chi connectivity index (χ3n) is 2.11. The average molecular weight is 231 g/mol. The van der Waals surface area contributed by atoms with Gasteiger partial charge in [-0.15, -0.1) is 0 Å². The second-order valence-electron chi connectivity index (χ2n) is 3.42. The van der Waals surface area contributed by atoms with Gasteiger partial charge in [0.25, 0.3) is 0 Å². The minimum Gasteiger partial charge on any atom is -0.497 e. The molecule has 0 bridgehead atoms. The van der Waals surface area contributed by atoms with Gasteiger partial charge in [0.1, 0.15) is 11.6 Å². The summed E-state index contributed by atoms with van der Waals surface area (Å²) in [6.45, 7) is 1.76. The molecule has 0 saturated heterocycles. The van der Waals surface area contributed by atoms with Crippen molar-refractivity contribution >= 4 is 17.6 Å². The molecule has 0 radical (unpaired) electrons. The summed E-state index contributed by atoms with van der Waals surface area (Å²) in [7, 11) is 1.62. The van der Waals surface area contributed by atoms with E-state index in [1.807, 2.05) is 24.3 Å². The minimum absolute atomic E-state index is 0.202. The van der Waals surface area contributed by atoms with Crippen LogP contribution < -0.4 is 15.8 Å². The van der Waals surface area contributed by atoms with Gasteiger partial charge >= 0.3 is 0 Å². The molecule has 0 unspecified atom stereocenters. The Balaban J connectivity index is 2.19. The summed E-state index contributed by atoms with van der Waals surface area (Å²) in [5, 5.41) is 3.04. The van der Waals surface area contributed by atoms with Crippen LogP contribution in [-0.4, -0.2) is 22.1 Å². The topological polar surface area (TPSA) is 86.0 Å². The van der Waals surface area contributed by atoms with Crippen LogP contribution in [0.15, 0.2) is 24.3 Å². The monoisotopic (exact) mass is 231 g/mol. The van der Waals surface area contributed by atoms with Gasteiger partial charge in [0.15, 0.2) is 0 Å². The Bertz CT molecular complexity index is 492. The van der Waals surface area contributed by atoms with Crippen LogP contribution in [0.4, 0.5) is 17.6 Å². The predicted molar refractivity (Wildman–Crippen MR) is 65.3 cm³/mol. The number of nitrogens with two attached hydrogens (primary N) is 1. The van der Waals surface area contributed by atoms with Crippen LogP contribution in [0, 0.1) is 6.92 Å². The molecule has 3 N–H and O–H groups in total. The molecular formula is C11H13N5O. The highest BCUT2D eigenvalue weighted by molar-refractivity contribution is 5.55. The molecule has 0 aliphatic heterocycles. The predicted octanol–water partition coefficient (Wildman–Crippen LogP) is 1.51. The van der Waals surface area contributed by atoms with E-state index < -0.39 is 0 Å². The number of nitrogens with zero attached hydrogens (tertiary/aromatic N) is 3. The number of nitrogen functional groups attached to an aromatic ring is 1. The highest BCUT2D eigenvalue weighted by Crippen LogP contribution is 2.17. The summed E-state index contributed by atoms with van der Waals surface area (Å²) < 4.78 is 5.07. The van der Waals surface area contributed by atoms with Gasteiger partial charge in [-0.3, -0.25) is 0 Å². The smallest absolute Gasteiger partial charge is 0.232 e. The maximum Gasteiger partial charge on any atom is 0.232 e. The fourth-order valence-corrected chi connectivity index (χ4v) is 1.36. The molecule has 0 amide bonds. The van der Waals surface area contributed by atoms with Crippen molar-refractivity contribution < 1.29 is 4.74 Å². The standard InChI is InChI=1S/C11H13N5O/c1-7-13-10(12)16-11(14-7)15-8-3-5-9(17-2)6-4-8/h3-6H,1-2H3,(H3,12,13,14,15,16). The third-order valence-corrected chi connectivity index (χ3v) is 2.11. The maximum atomic E-state index is 5.54. The van der Waals surface area contributed by atoms with E-state index in [4.69, 9.17) is 10.5 Å². The highest BCUT2D eigenvalue weighted by atomic mass is 16.5. The zero-order valence-electron chi connectivity index (χ0n) is 9.64. The van der Waals surface area contributed by atoms with Crippen LogP contribution in [0.2, 0.25) is 0 Å². The van der Waals surface area contributed by atoms with Crippen molar-refractivity contribution in [2.45, 2.75) is 6.92 Å². The lowest BCUT2D eigenvalue weighted by Gasteiger charge is -2.06. The van der Waals surface area contributed by atoms with Crippen molar-refractivity contribution in [2.75, 3.05) is 18.2 Å². The Morgan fingerprint density at radius 2 is 1.82 bits per heavy atom. The van der Waals surface area contributed by atoms with Gasteiger partial charge in [0.2, 0.25) is 11.9 Å². The summed E-state index contributed by atoms with van der Waals surface area (Å²) in [4.78, 5) is 12.0. The maximum absolute atomic E-state index is 5.54. The molecule has 2 rings (SSSR count). The van der Waals surface area contributed by atoms with Crippen molar-refractivity contribution in [1.29, 1.82) is 0 Å². The molecule has 1 aromatic heterocycles. The third kappa shape index (κ3) is 2.81. The van der Waals surface area contributed by atoms with E-state index in [-0.39, 0.29) is 5.95 Å². The van der Waals surface area contributed by atoms with E-state index in [1.54, 1.807) is 14.0 Å². The van der Waals surface area contributed by atoms with Crippen molar-refractivity contribution in [2.24, 2.45) is 0 Å².